The normalized spacial score (nSPS) is 10.8. The summed E-state index contributed by atoms with van der Waals surface area (Å²) in [5.41, 5.74) is 8.27. The Morgan fingerprint density at radius 2 is 1.95 bits per heavy atom. The molecule has 0 bridgehead atoms. The van der Waals surface area contributed by atoms with Crippen molar-refractivity contribution >= 4 is 17.4 Å². The number of anilines is 1. The molecule has 0 radical (unpaired) electrons. The van der Waals surface area contributed by atoms with E-state index in [0.717, 1.165) is 11.1 Å². The van der Waals surface area contributed by atoms with Gasteiger partial charge in [0.05, 0.1) is 11.8 Å². The van der Waals surface area contributed by atoms with Gasteiger partial charge in [0.1, 0.15) is 0 Å². The number of rotatable bonds is 2. The van der Waals surface area contributed by atoms with Gasteiger partial charge in [0.15, 0.2) is 11.6 Å². The molecule has 0 unspecified atom stereocenters. The lowest BCUT2D eigenvalue weighted by atomic mass is 10.0. The summed E-state index contributed by atoms with van der Waals surface area (Å²) in [6, 6.07) is 9.25. The predicted molar refractivity (Wildman–Crippen MR) is 73.8 cm³/mol. The number of benzene rings is 1. The Hall–Kier alpha value is -2.20. The number of furan rings is 1. The van der Waals surface area contributed by atoms with Crippen molar-refractivity contribution in [1.29, 1.82) is 0 Å². The van der Waals surface area contributed by atoms with E-state index in [9.17, 15) is 0 Å². The fourth-order valence-electron chi connectivity index (χ4n) is 1.99. The minimum absolute atomic E-state index is 0.291. The van der Waals surface area contributed by atoms with Crippen LogP contribution in [0, 0.1) is 6.92 Å². The first kappa shape index (κ1) is 11.9. The molecule has 0 saturated heterocycles. The smallest absolute Gasteiger partial charge is 0.212 e. The van der Waals surface area contributed by atoms with E-state index < -0.39 is 0 Å². The Morgan fingerprint density at radius 3 is 2.63 bits per heavy atom. The van der Waals surface area contributed by atoms with E-state index in [4.69, 9.17) is 26.3 Å². The maximum atomic E-state index is 6.21. The summed E-state index contributed by atoms with van der Waals surface area (Å²) in [5, 5.41) is 4.40. The van der Waals surface area contributed by atoms with Gasteiger partial charge in [-0.1, -0.05) is 35.0 Å². The Morgan fingerprint density at radius 1 is 1.16 bits per heavy atom. The van der Waals surface area contributed by atoms with Gasteiger partial charge in [0.25, 0.3) is 0 Å². The van der Waals surface area contributed by atoms with Gasteiger partial charge in [-0.2, -0.15) is 0 Å². The highest BCUT2D eigenvalue weighted by Crippen LogP contribution is 2.40. The number of hydrogen-bond acceptors (Lipinski definition) is 4. The highest BCUT2D eigenvalue weighted by Gasteiger charge is 2.22. The van der Waals surface area contributed by atoms with Crippen LogP contribution in [-0.2, 0) is 0 Å². The van der Waals surface area contributed by atoms with Gasteiger partial charge in [0.2, 0.25) is 5.76 Å². The minimum Gasteiger partial charge on any atom is -0.461 e. The van der Waals surface area contributed by atoms with Crippen molar-refractivity contribution in [2.24, 2.45) is 0 Å². The van der Waals surface area contributed by atoms with Crippen LogP contribution in [0.3, 0.4) is 0 Å². The van der Waals surface area contributed by atoms with Gasteiger partial charge in [-0.3, -0.25) is 0 Å². The molecule has 19 heavy (non-hydrogen) atoms. The first-order valence-corrected chi connectivity index (χ1v) is 6.11. The highest BCUT2D eigenvalue weighted by molar-refractivity contribution is 6.33. The first-order valence-electron chi connectivity index (χ1n) is 5.73. The van der Waals surface area contributed by atoms with Crippen LogP contribution in [0.1, 0.15) is 5.56 Å². The molecular formula is C14H11ClN2O2. The first-order chi connectivity index (χ1) is 9.18. The van der Waals surface area contributed by atoms with Gasteiger partial charge >= 0.3 is 0 Å². The van der Waals surface area contributed by atoms with Crippen LogP contribution in [0.2, 0.25) is 5.02 Å². The molecule has 3 aromatic rings. The molecule has 0 atom stereocenters. The molecule has 0 amide bonds. The van der Waals surface area contributed by atoms with Crippen molar-refractivity contribution in [1.82, 2.24) is 5.16 Å². The molecule has 0 aliphatic heterocycles. The topological polar surface area (TPSA) is 65.2 Å². The fraction of sp³-hybridized carbons (Fsp3) is 0.0714. The van der Waals surface area contributed by atoms with Crippen LogP contribution >= 0.6 is 11.6 Å². The largest absolute Gasteiger partial charge is 0.461 e. The Balaban J connectivity index is 2.26. The van der Waals surface area contributed by atoms with Gasteiger partial charge in [-0.05, 0) is 24.6 Å². The quantitative estimate of drug-likeness (QED) is 0.762. The number of aryl methyl sites for hydroxylation is 1. The molecule has 0 aliphatic carbocycles. The lowest BCUT2D eigenvalue weighted by Crippen LogP contribution is -1.89. The summed E-state index contributed by atoms with van der Waals surface area (Å²) in [6.07, 6.45) is 1.60. The summed E-state index contributed by atoms with van der Waals surface area (Å²) >= 11 is 6.21. The third-order valence-electron chi connectivity index (χ3n) is 2.93. The molecule has 2 aromatic heterocycles. The number of halogens is 1. The molecule has 3 rings (SSSR count). The van der Waals surface area contributed by atoms with Crippen LogP contribution < -0.4 is 5.73 Å². The van der Waals surface area contributed by atoms with Crippen LogP contribution in [0.25, 0.3) is 22.6 Å². The molecule has 0 spiro atoms. The molecule has 2 heterocycles. The van der Waals surface area contributed by atoms with E-state index in [2.05, 4.69) is 5.16 Å². The monoisotopic (exact) mass is 274 g/mol. The van der Waals surface area contributed by atoms with E-state index in [-0.39, 0.29) is 0 Å². The molecule has 2 N–H and O–H groups in total. The summed E-state index contributed by atoms with van der Waals surface area (Å²) in [4.78, 5) is 0. The lowest BCUT2D eigenvalue weighted by Gasteiger charge is -2.03. The maximum Gasteiger partial charge on any atom is 0.212 e. The molecule has 0 saturated carbocycles. The van der Waals surface area contributed by atoms with Crippen LogP contribution in [-0.4, -0.2) is 5.16 Å². The standard InChI is InChI=1S/C14H11ClN2O2/c1-8-6-7-18-12(8)13-11(14(16)17-19-13)9-4-2-3-5-10(9)15/h2-7H,1H3,(H2,16,17). The van der Waals surface area contributed by atoms with E-state index in [1.807, 2.05) is 31.2 Å². The van der Waals surface area contributed by atoms with Crippen molar-refractivity contribution in [2.75, 3.05) is 5.73 Å². The highest BCUT2D eigenvalue weighted by atomic mass is 35.5. The molecular weight excluding hydrogens is 264 g/mol. The van der Waals surface area contributed by atoms with Gasteiger partial charge in [-0.15, -0.1) is 0 Å². The van der Waals surface area contributed by atoms with Crippen LogP contribution in [0.5, 0.6) is 0 Å². The minimum atomic E-state index is 0.291. The summed E-state index contributed by atoms with van der Waals surface area (Å²) in [7, 11) is 0. The van der Waals surface area contributed by atoms with Gasteiger partial charge < -0.3 is 14.7 Å². The average molecular weight is 275 g/mol. The van der Waals surface area contributed by atoms with Crippen molar-refractivity contribution in [3.63, 3.8) is 0 Å². The van der Waals surface area contributed by atoms with Crippen LogP contribution in [0.4, 0.5) is 5.82 Å². The van der Waals surface area contributed by atoms with E-state index >= 15 is 0 Å². The Labute approximate surface area is 114 Å². The lowest BCUT2D eigenvalue weighted by molar-refractivity contribution is 0.421. The summed E-state index contributed by atoms with van der Waals surface area (Å²) in [6.45, 7) is 1.92. The molecule has 1 aromatic carbocycles. The average Bonchev–Trinajstić information content (AvgIpc) is 2.96. The van der Waals surface area contributed by atoms with Crippen molar-refractivity contribution in [3.05, 3.63) is 47.2 Å². The molecule has 0 fully saturated rings. The van der Waals surface area contributed by atoms with Crippen molar-refractivity contribution in [2.45, 2.75) is 6.92 Å². The molecule has 4 nitrogen and oxygen atoms in total. The number of nitrogen functional groups attached to an aromatic ring is 1. The third kappa shape index (κ3) is 1.90. The van der Waals surface area contributed by atoms with Crippen LogP contribution in [0.15, 0.2) is 45.5 Å². The second-order valence-electron chi connectivity index (χ2n) is 4.18. The summed E-state index contributed by atoms with van der Waals surface area (Å²) in [5.74, 6) is 1.39. The summed E-state index contributed by atoms with van der Waals surface area (Å²) < 4.78 is 10.7. The van der Waals surface area contributed by atoms with Crippen molar-refractivity contribution < 1.29 is 8.94 Å². The number of hydrogen-bond donors (Lipinski definition) is 1. The molecule has 0 aliphatic rings. The molecule has 96 valence electrons. The maximum absolute atomic E-state index is 6.21. The second-order valence-corrected chi connectivity index (χ2v) is 4.59. The fourth-order valence-corrected chi connectivity index (χ4v) is 2.22. The van der Waals surface area contributed by atoms with Crippen molar-refractivity contribution in [3.8, 4) is 22.6 Å². The predicted octanol–water partition coefficient (Wildman–Crippen LogP) is 4.15. The third-order valence-corrected chi connectivity index (χ3v) is 3.26. The zero-order valence-electron chi connectivity index (χ0n) is 10.2. The van der Waals surface area contributed by atoms with Gasteiger partial charge in [0, 0.05) is 10.6 Å². The van der Waals surface area contributed by atoms with Gasteiger partial charge in [-0.25, -0.2) is 0 Å². The van der Waals surface area contributed by atoms with E-state index in [1.54, 1.807) is 12.3 Å². The Bertz CT molecular complexity index is 731. The SMILES string of the molecule is Cc1ccoc1-c1onc(N)c1-c1ccccc1Cl. The second kappa shape index (κ2) is 4.48. The Kier molecular flexibility index (Phi) is 2.80. The number of aromatic nitrogens is 1. The van der Waals surface area contributed by atoms with E-state index in [1.165, 1.54) is 0 Å². The van der Waals surface area contributed by atoms with E-state index in [0.29, 0.717) is 27.9 Å². The zero-order chi connectivity index (χ0) is 13.4. The number of nitrogens with two attached hydrogens (primary N) is 1. The number of nitrogens with zero attached hydrogens (tertiary/aromatic N) is 1. The zero-order valence-corrected chi connectivity index (χ0v) is 10.9. The molecule has 5 heteroatoms.